The number of likely N-dealkylation sites (tertiary alicyclic amines) is 1. The average molecular weight is 296 g/mol. The van der Waals surface area contributed by atoms with Gasteiger partial charge in [-0.25, -0.2) is 9.18 Å². The zero-order valence-corrected chi connectivity index (χ0v) is 11.9. The van der Waals surface area contributed by atoms with Crippen LogP contribution in [0, 0.1) is 11.2 Å². The van der Waals surface area contributed by atoms with Gasteiger partial charge in [0.05, 0.1) is 18.2 Å². The Morgan fingerprint density at radius 1 is 1.48 bits per heavy atom. The topological polar surface area (TPSA) is 78.9 Å². The maximum atomic E-state index is 13.2. The van der Waals surface area contributed by atoms with Gasteiger partial charge in [-0.15, -0.1) is 0 Å². The molecule has 0 aromatic heterocycles. The van der Waals surface area contributed by atoms with Crippen molar-refractivity contribution in [2.24, 2.45) is 5.41 Å². The first-order valence-electron chi connectivity index (χ1n) is 6.48. The lowest BCUT2D eigenvalue weighted by atomic mass is 9.90. The molecule has 6 nitrogen and oxygen atoms in total. The molecule has 1 aromatic carbocycles. The number of ether oxygens (including phenoxy) is 1. The Balaban J connectivity index is 2.10. The second-order valence-electron chi connectivity index (χ2n) is 5.31. The van der Waals surface area contributed by atoms with E-state index in [0.29, 0.717) is 18.7 Å². The number of anilines is 1. The van der Waals surface area contributed by atoms with Crippen LogP contribution in [0.25, 0.3) is 0 Å². The van der Waals surface area contributed by atoms with E-state index < -0.39 is 23.2 Å². The van der Waals surface area contributed by atoms with Crippen LogP contribution >= 0.6 is 0 Å². The van der Waals surface area contributed by atoms with Gasteiger partial charge in [-0.05, 0) is 25.5 Å². The van der Waals surface area contributed by atoms with Gasteiger partial charge in [0.25, 0.3) is 0 Å². The average Bonchev–Trinajstić information content (AvgIpc) is 2.83. The largest absolute Gasteiger partial charge is 0.495 e. The van der Waals surface area contributed by atoms with Crippen LogP contribution in [0.1, 0.15) is 13.3 Å². The molecule has 21 heavy (non-hydrogen) atoms. The number of carbonyl (C=O) groups is 2. The van der Waals surface area contributed by atoms with Crippen molar-refractivity contribution in [3.8, 4) is 5.75 Å². The molecule has 1 heterocycles. The molecule has 2 N–H and O–H groups in total. The number of methoxy groups -OCH3 is 1. The number of hydrogen-bond acceptors (Lipinski definition) is 3. The van der Waals surface area contributed by atoms with E-state index in [1.54, 1.807) is 6.92 Å². The molecule has 1 saturated heterocycles. The number of nitrogens with one attached hydrogen (secondary N) is 1. The molecule has 1 aromatic rings. The van der Waals surface area contributed by atoms with Crippen molar-refractivity contribution in [2.75, 3.05) is 25.5 Å². The van der Waals surface area contributed by atoms with Gasteiger partial charge < -0.3 is 20.1 Å². The fourth-order valence-corrected chi connectivity index (χ4v) is 2.28. The Morgan fingerprint density at radius 2 is 2.19 bits per heavy atom. The molecule has 0 bridgehead atoms. The van der Waals surface area contributed by atoms with Gasteiger partial charge in [-0.3, -0.25) is 4.79 Å². The van der Waals surface area contributed by atoms with Crippen molar-refractivity contribution in [3.05, 3.63) is 24.0 Å². The molecule has 1 aliphatic heterocycles. The molecule has 2 rings (SSSR count). The number of aliphatic carboxylic acids is 1. The van der Waals surface area contributed by atoms with Gasteiger partial charge in [-0.1, -0.05) is 0 Å². The number of halogens is 1. The predicted molar refractivity (Wildman–Crippen MR) is 73.9 cm³/mol. The van der Waals surface area contributed by atoms with Crippen LogP contribution in [0.15, 0.2) is 18.2 Å². The highest BCUT2D eigenvalue weighted by molar-refractivity contribution is 5.92. The summed E-state index contributed by atoms with van der Waals surface area (Å²) in [4.78, 5) is 24.7. The van der Waals surface area contributed by atoms with Gasteiger partial charge in [0.1, 0.15) is 11.6 Å². The van der Waals surface area contributed by atoms with E-state index in [2.05, 4.69) is 5.32 Å². The third-order valence-electron chi connectivity index (χ3n) is 3.68. The zero-order valence-electron chi connectivity index (χ0n) is 11.9. The maximum absolute atomic E-state index is 13.2. The molecule has 0 aliphatic carbocycles. The summed E-state index contributed by atoms with van der Waals surface area (Å²) in [5, 5.41) is 11.7. The van der Waals surface area contributed by atoms with Crippen LogP contribution in [0.4, 0.5) is 14.9 Å². The summed E-state index contributed by atoms with van der Waals surface area (Å²) in [6, 6.07) is 3.33. The molecule has 0 saturated carbocycles. The van der Waals surface area contributed by atoms with E-state index in [0.717, 1.165) is 6.07 Å². The maximum Gasteiger partial charge on any atom is 0.321 e. The molecular weight excluding hydrogens is 279 g/mol. The van der Waals surface area contributed by atoms with Crippen LogP contribution < -0.4 is 10.1 Å². The number of carbonyl (C=O) groups excluding carboxylic acids is 1. The van der Waals surface area contributed by atoms with Crippen molar-refractivity contribution < 1.29 is 23.8 Å². The summed E-state index contributed by atoms with van der Waals surface area (Å²) < 4.78 is 18.3. The Bertz CT molecular complexity index is 578. The van der Waals surface area contributed by atoms with Crippen molar-refractivity contribution >= 4 is 17.7 Å². The highest BCUT2D eigenvalue weighted by Gasteiger charge is 2.42. The lowest BCUT2D eigenvalue weighted by Gasteiger charge is -2.21. The van der Waals surface area contributed by atoms with E-state index in [-0.39, 0.29) is 12.2 Å². The summed E-state index contributed by atoms with van der Waals surface area (Å²) in [6.07, 6.45) is 0.385. The van der Waals surface area contributed by atoms with Crippen molar-refractivity contribution in [1.29, 1.82) is 0 Å². The molecule has 1 unspecified atom stereocenters. The van der Waals surface area contributed by atoms with Crippen LogP contribution in [-0.4, -0.2) is 42.2 Å². The Labute approximate surface area is 121 Å². The van der Waals surface area contributed by atoms with Crippen LogP contribution in [0.5, 0.6) is 5.75 Å². The Kier molecular flexibility index (Phi) is 4.02. The summed E-state index contributed by atoms with van der Waals surface area (Å²) in [6.45, 7) is 2.06. The zero-order chi connectivity index (χ0) is 15.6. The fraction of sp³-hybridized carbons (Fsp3) is 0.429. The molecule has 114 valence electrons. The first-order valence-corrected chi connectivity index (χ1v) is 6.48. The SMILES string of the molecule is COc1ccc(F)cc1NC(=O)N1CCC(C)(C(=O)O)C1. The summed E-state index contributed by atoms with van der Waals surface area (Å²) in [5.74, 6) is -1.09. The Morgan fingerprint density at radius 3 is 2.76 bits per heavy atom. The monoisotopic (exact) mass is 296 g/mol. The third kappa shape index (κ3) is 3.07. The van der Waals surface area contributed by atoms with E-state index in [1.807, 2.05) is 0 Å². The molecule has 1 atom stereocenters. The van der Waals surface area contributed by atoms with Crippen LogP contribution in [0.3, 0.4) is 0 Å². The number of nitrogens with zero attached hydrogens (tertiary/aromatic N) is 1. The minimum Gasteiger partial charge on any atom is -0.495 e. The number of hydrogen-bond donors (Lipinski definition) is 2. The van der Waals surface area contributed by atoms with E-state index in [9.17, 15) is 14.0 Å². The van der Waals surface area contributed by atoms with E-state index in [4.69, 9.17) is 9.84 Å². The molecule has 0 spiro atoms. The van der Waals surface area contributed by atoms with Gasteiger partial charge in [0, 0.05) is 19.2 Å². The molecule has 1 fully saturated rings. The first-order chi connectivity index (χ1) is 9.85. The normalized spacial score (nSPS) is 21.2. The quantitative estimate of drug-likeness (QED) is 0.896. The van der Waals surface area contributed by atoms with Crippen molar-refractivity contribution in [2.45, 2.75) is 13.3 Å². The number of carboxylic acid groups (broad SMARTS) is 1. The summed E-state index contributed by atoms with van der Waals surface area (Å²) in [7, 11) is 1.42. The van der Waals surface area contributed by atoms with Gasteiger partial charge in [0.2, 0.25) is 0 Å². The highest BCUT2D eigenvalue weighted by Crippen LogP contribution is 2.31. The van der Waals surface area contributed by atoms with E-state index in [1.165, 1.54) is 24.1 Å². The number of amides is 2. The highest BCUT2D eigenvalue weighted by atomic mass is 19.1. The number of carboxylic acids is 1. The number of rotatable bonds is 3. The van der Waals surface area contributed by atoms with Crippen molar-refractivity contribution in [1.82, 2.24) is 4.90 Å². The molecule has 1 aliphatic rings. The lowest BCUT2D eigenvalue weighted by molar-refractivity contribution is -0.146. The smallest absolute Gasteiger partial charge is 0.321 e. The molecule has 2 amide bonds. The second-order valence-corrected chi connectivity index (χ2v) is 5.31. The number of benzene rings is 1. The van der Waals surface area contributed by atoms with Gasteiger partial charge in [-0.2, -0.15) is 0 Å². The number of urea groups is 1. The second kappa shape index (κ2) is 5.59. The lowest BCUT2D eigenvalue weighted by Crippen LogP contribution is -2.37. The summed E-state index contributed by atoms with van der Waals surface area (Å²) >= 11 is 0. The van der Waals surface area contributed by atoms with Gasteiger partial charge >= 0.3 is 12.0 Å². The summed E-state index contributed by atoms with van der Waals surface area (Å²) in [5.41, 5.74) is -0.727. The minimum absolute atomic E-state index is 0.117. The Hall–Kier alpha value is -2.31. The molecule has 7 heteroatoms. The first kappa shape index (κ1) is 15.1. The predicted octanol–water partition coefficient (Wildman–Crippen LogP) is 2.16. The molecule has 0 radical (unpaired) electrons. The van der Waals surface area contributed by atoms with Crippen LogP contribution in [-0.2, 0) is 4.79 Å². The van der Waals surface area contributed by atoms with Crippen LogP contribution in [0.2, 0.25) is 0 Å². The van der Waals surface area contributed by atoms with Crippen molar-refractivity contribution in [3.63, 3.8) is 0 Å². The molecular formula is C14H17FN2O4. The minimum atomic E-state index is -0.941. The third-order valence-corrected chi connectivity index (χ3v) is 3.68. The van der Waals surface area contributed by atoms with Gasteiger partial charge in [0.15, 0.2) is 0 Å². The van der Waals surface area contributed by atoms with E-state index >= 15 is 0 Å². The standard InChI is InChI=1S/C14H17FN2O4/c1-14(12(18)19)5-6-17(8-14)13(20)16-10-7-9(15)3-4-11(10)21-2/h3-4,7H,5-6,8H2,1-2H3,(H,16,20)(H,18,19). The fourth-order valence-electron chi connectivity index (χ4n) is 2.28.